The van der Waals surface area contributed by atoms with Crippen LogP contribution in [0.25, 0.3) is 22.2 Å². The standard InChI is InChI=1S/C48H47F2N5O5S/c1-5-59-46(56)20-15-33-10-9-11-34(26-33)44-12-7-6-8-23-48(3,4)35-29-51-53(30-35)31-40-38-21-25-55(61(57,58)37-17-13-32(2)14-18-37)45(38)28-42(50)47(40)60-36-16-19-41(49)39(27-36)43-22-24-54(44)52-43/h6,8-11,13-14,16-19,21-22,24-30,44H,5,7,12,15,20,23,31H2,1-4H3/b8-6+. The second-order valence-corrected chi connectivity index (χ2v) is 17.9. The quantitative estimate of drug-likeness (QED) is 0.116. The predicted octanol–water partition coefficient (Wildman–Crippen LogP) is 10.5. The van der Waals surface area contributed by atoms with E-state index in [0.717, 1.165) is 38.7 Å². The summed E-state index contributed by atoms with van der Waals surface area (Å²) in [5.74, 6) is -1.57. The normalized spacial score (nSPS) is 16.1. The molecule has 10 nitrogen and oxygen atoms in total. The first-order chi connectivity index (χ1) is 29.3. The second-order valence-electron chi connectivity index (χ2n) is 16.1. The van der Waals surface area contributed by atoms with Crippen LogP contribution in [0.4, 0.5) is 8.78 Å². The summed E-state index contributed by atoms with van der Waals surface area (Å²) in [5.41, 5.74) is 4.55. The summed E-state index contributed by atoms with van der Waals surface area (Å²) < 4.78 is 76.3. The van der Waals surface area contributed by atoms with Crippen LogP contribution in [0, 0.1) is 18.6 Å². The Labute approximate surface area is 354 Å². The highest BCUT2D eigenvalue weighted by atomic mass is 32.2. The van der Waals surface area contributed by atoms with Gasteiger partial charge in [-0.15, -0.1) is 0 Å². The number of ether oxygens (including phenoxy) is 2. The second kappa shape index (κ2) is 17.0. The van der Waals surface area contributed by atoms with Crippen LogP contribution in [-0.2, 0) is 37.9 Å². The molecule has 61 heavy (non-hydrogen) atoms. The van der Waals surface area contributed by atoms with Crippen LogP contribution in [0.5, 0.6) is 11.5 Å². The summed E-state index contributed by atoms with van der Waals surface area (Å²) >= 11 is 0. The highest BCUT2D eigenvalue weighted by molar-refractivity contribution is 7.90. The Bertz CT molecular complexity index is 2880. The highest BCUT2D eigenvalue weighted by Crippen LogP contribution is 2.39. The van der Waals surface area contributed by atoms with Crippen LogP contribution in [-0.4, -0.2) is 44.5 Å². The molecule has 0 aliphatic carbocycles. The molecule has 0 N–H and O–H groups in total. The number of carbonyl (C=O) groups excluding carboxylic acids is 1. The topological polar surface area (TPSA) is 110 Å². The molecule has 6 bridgehead atoms. The molecule has 0 amide bonds. The van der Waals surface area contributed by atoms with Gasteiger partial charge in [-0.05, 0) is 104 Å². The van der Waals surface area contributed by atoms with E-state index < -0.39 is 21.7 Å². The van der Waals surface area contributed by atoms with Crippen LogP contribution in [0.1, 0.15) is 80.3 Å². The number of nitrogens with zero attached hydrogens (tertiary/aromatic N) is 5. The summed E-state index contributed by atoms with van der Waals surface area (Å²) in [7, 11) is -4.10. The van der Waals surface area contributed by atoms with Crippen molar-refractivity contribution in [2.24, 2.45) is 0 Å². The molecule has 1 unspecified atom stereocenters. The third kappa shape index (κ3) is 8.65. The maximum absolute atomic E-state index is 16.6. The number of hydrogen-bond acceptors (Lipinski definition) is 7. The zero-order valence-electron chi connectivity index (χ0n) is 34.5. The van der Waals surface area contributed by atoms with E-state index in [-0.39, 0.29) is 57.9 Å². The van der Waals surface area contributed by atoms with Gasteiger partial charge in [-0.2, -0.15) is 10.2 Å². The number of aromatic nitrogens is 5. The molecule has 4 heterocycles. The van der Waals surface area contributed by atoms with Gasteiger partial charge in [0.05, 0.1) is 41.5 Å². The molecule has 0 saturated heterocycles. The van der Waals surface area contributed by atoms with E-state index in [2.05, 4.69) is 37.2 Å². The van der Waals surface area contributed by atoms with E-state index in [0.29, 0.717) is 42.5 Å². The molecule has 1 aliphatic rings. The number of hydrogen-bond donors (Lipinski definition) is 0. The molecule has 8 rings (SSSR count). The van der Waals surface area contributed by atoms with Gasteiger partial charge in [-0.25, -0.2) is 21.2 Å². The molecule has 7 aromatic rings. The lowest BCUT2D eigenvalue weighted by molar-refractivity contribution is -0.143. The van der Waals surface area contributed by atoms with Crippen molar-refractivity contribution in [3.63, 3.8) is 0 Å². The molecule has 314 valence electrons. The number of benzene rings is 4. The molecule has 4 aromatic carbocycles. The van der Waals surface area contributed by atoms with Gasteiger partial charge in [0, 0.05) is 47.6 Å². The van der Waals surface area contributed by atoms with Gasteiger partial charge in [0.15, 0.2) is 11.6 Å². The van der Waals surface area contributed by atoms with E-state index in [1.165, 1.54) is 36.5 Å². The first-order valence-corrected chi connectivity index (χ1v) is 21.8. The number of carbonyl (C=O) groups is 1. The summed E-state index contributed by atoms with van der Waals surface area (Å²) in [6.07, 6.45) is 14.2. The molecule has 0 spiro atoms. The Hall–Kier alpha value is -6.34. The van der Waals surface area contributed by atoms with Gasteiger partial charge in [-0.1, -0.05) is 68.0 Å². The zero-order chi connectivity index (χ0) is 42.9. The van der Waals surface area contributed by atoms with E-state index >= 15 is 8.78 Å². The number of fused-ring (bicyclic) bond motifs is 10. The first kappa shape index (κ1) is 41.4. The van der Waals surface area contributed by atoms with Crippen LogP contribution in [0.15, 0.2) is 127 Å². The molecule has 0 saturated carbocycles. The van der Waals surface area contributed by atoms with E-state index in [9.17, 15) is 13.2 Å². The summed E-state index contributed by atoms with van der Waals surface area (Å²) in [6.45, 7) is 8.31. The van der Waals surface area contributed by atoms with Crippen molar-refractivity contribution in [3.05, 3.63) is 161 Å². The van der Waals surface area contributed by atoms with Crippen molar-refractivity contribution < 1.29 is 31.5 Å². The monoisotopic (exact) mass is 843 g/mol. The smallest absolute Gasteiger partial charge is 0.306 e. The lowest BCUT2D eigenvalue weighted by Crippen LogP contribution is -2.15. The minimum Gasteiger partial charge on any atom is -0.466 e. The lowest BCUT2D eigenvalue weighted by atomic mass is 9.83. The fourth-order valence-corrected chi connectivity index (χ4v) is 9.17. The van der Waals surface area contributed by atoms with E-state index in [4.69, 9.17) is 14.6 Å². The van der Waals surface area contributed by atoms with E-state index in [1.54, 1.807) is 42.1 Å². The third-order valence-electron chi connectivity index (χ3n) is 11.3. The van der Waals surface area contributed by atoms with Crippen molar-refractivity contribution in [2.75, 3.05) is 6.61 Å². The van der Waals surface area contributed by atoms with Gasteiger partial charge >= 0.3 is 5.97 Å². The van der Waals surface area contributed by atoms with Crippen molar-refractivity contribution in [1.29, 1.82) is 0 Å². The van der Waals surface area contributed by atoms with Crippen molar-refractivity contribution in [1.82, 2.24) is 23.5 Å². The summed E-state index contributed by atoms with van der Waals surface area (Å²) in [6, 6.07) is 23.0. The fraction of sp³-hybridized carbons (Fsp3) is 0.271. The fourth-order valence-electron chi connectivity index (χ4n) is 7.83. The Kier molecular flexibility index (Phi) is 11.5. The molecular formula is C48H47F2N5O5S. The maximum atomic E-state index is 16.6. The molecule has 1 aliphatic heterocycles. The third-order valence-corrected chi connectivity index (χ3v) is 13.0. The molecule has 13 heteroatoms. The minimum absolute atomic E-state index is 0.0496. The molecule has 0 radical (unpaired) electrons. The van der Waals surface area contributed by atoms with Crippen molar-refractivity contribution >= 4 is 26.9 Å². The number of rotatable bonds is 7. The Morgan fingerprint density at radius 1 is 0.967 bits per heavy atom. The van der Waals surface area contributed by atoms with Gasteiger partial charge in [0.25, 0.3) is 10.0 Å². The number of aryl methyl sites for hydroxylation is 2. The van der Waals surface area contributed by atoms with Crippen LogP contribution >= 0.6 is 0 Å². The maximum Gasteiger partial charge on any atom is 0.306 e. The average molecular weight is 844 g/mol. The van der Waals surface area contributed by atoms with Crippen LogP contribution in [0.2, 0.25) is 0 Å². The lowest BCUT2D eigenvalue weighted by Gasteiger charge is -2.21. The Morgan fingerprint density at radius 2 is 1.79 bits per heavy atom. The molecular weight excluding hydrogens is 797 g/mol. The largest absolute Gasteiger partial charge is 0.466 e. The molecule has 0 fully saturated rings. The van der Waals surface area contributed by atoms with Gasteiger partial charge < -0.3 is 9.47 Å². The summed E-state index contributed by atoms with van der Waals surface area (Å²) in [4.78, 5) is 12.2. The van der Waals surface area contributed by atoms with Crippen molar-refractivity contribution in [3.8, 4) is 22.8 Å². The highest BCUT2D eigenvalue weighted by Gasteiger charge is 2.27. The van der Waals surface area contributed by atoms with Gasteiger partial charge in [0.1, 0.15) is 11.6 Å². The Morgan fingerprint density at radius 3 is 2.59 bits per heavy atom. The SMILES string of the molecule is CCOC(=O)CCc1cccc(C2CC/C=C/CC(C)(C)c3cnn(c3)Cc3c(c(F)cc4c3ccn4S(=O)(=O)c3ccc(C)cc3)Oc3ccc(F)c(c3)-c3ccn2n3)c1. The zero-order valence-corrected chi connectivity index (χ0v) is 35.3. The summed E-state index contributed by atoms with van der Waals surface area (Å²) in [5, 5.41) is 10.0. The van der Waals surface area contributed by atoms with Crippen LogP contribution in [0.3, 0.4) is 0 Å². The predicted molar refractivity (Wildman–Crippen MR) is 230 cm³/mol. The number of halogens is 2. The Balaban J connectivity index is 1.22. The molecule has 1 atom stereocenters. The average Bonchev–Trinajstić information content (AvgIpc) is 4.02. The number of allylic oxidation sites excluding steroid dienone is 2. The first-order valence-electron chi connectivity index (χ1n) is 20.4. The van der Waals surface area contributed by atoms with Crippen molar-refractivity contribution in [2.45, 2.75) is 82.7 Å². The molecule has 3 aromatic heterocycles. The minimum atomic E-state index is -4.10. The van der Waals surface area contributed by atoms with E-state index in [1.807, 2.05) is 42.2 Å². The van der Waals surface area contributed by atoms with Gasteiger partial charge in [-0.3, -0.25) is 14.2 Å². The van der Waals surface area contributed by atoms with Crippen LogP contribution < -0.4 is 4.74 Å². The number of esters is 1. The van der Waals surface area contributed by atoms with Gasteiger partial charge in [0.2, 0.25) is 0 Å².